The van der Waals surface area contributed by atoms with Crippen molar-refractivity contribution < 1.29 is 0 Å². The van der Waals surface area contributed by atoms with Gasteiger partial charge in [-0.15, -0.1) is 11.3 Å². The van der Waals surface area contributed by atoms with E-state index in [9.17, 15) is 0 Å². The Bertz CT molecular complexity index is 511. The fourth-order valence-electron chi connectivity index (χ4n) is 1.25. The van der Waals surface area contributed by atoms with E-state index < -0.39 is 0 Å². The molecule has 2 aromatic rings. The lowest BCUT2D eigenvalue weighted by atomic mass is 10.3. The molecule has 15 heavy (non-hydrogen) atoms. The van der Waals surface area contributed by atoms with Crippen molar-refractivity contribution in [1.29, 1.82) is 5.26 Å². The Morgan fingerprint density at radius 3 is 3.00 bits per heavy atom. The summed E-state index contributed by atoms with van der Waals surface area (Å²) in [6, 6.07) is 7.93. The molecule has 0 fully saturated rings. The van der Waals surface area contributed by atoms with Gasteiger partial charge in [-0.2, -0.15) is 5.26 Å². The van der Waals surface area contributed by atoms with Crippen molar-refractivity contribution in [3.8, 4) is 16.8 Å². The Morgan fingerprint density at radius 2 is 2.27 bits per heavy atom. The number of hydrogen-bond donors (Lipinski definition) is 0. The number of pyridine rings is 1. The molecule has 0 aliphatic heterocycles. The number of thiazole rings is 1. The van der Waals surface area contributed by atoms with Gasteiger partial charge in [0.2, 0.25) is 0 Å². The molecule has 0 aliphatic carbocycles. The van der Waals surface area contributed by atoms with Crippen molar-refractivity contribution in [1.82, 2.24) is 9.97 Å². The molecule has 0 spiro atoms. The van der Waals surface area contributed by atoms with Crippen molar-refractivity contribution in [3.05, 3.63) is 35.0 Å². The maximum atomic E-state index is 8.54. The van der Waals surface area contributed by atoms with Crippen LogP contribution in [-0.2, 0) is 6.42 Å². The third-order valence-electron chi connectivity index (χ3n) is 1.92. The number of rotatable bonds is 2. The molecule has 0 saturated heterocycles. The third kappa shape index (κ3) is 2.20. The second-order valence-electron chi connectivity index (χ2n) is 3.14. The average Bonchev–Trinajstić information content (AvgIpc) is 2.67. The monoisotopic (exact) mass is 215 g/mol. The molecule has 3 nitrogen and oxygen atoms in total. The van der Waals surface area contributed by atoms with Crippen LogP contribution in [0.15, 0.2) is 23.6 Å². The minimum absolute atomic E-state index is 0.363. The quantitative estimate of drug-likeness (QED) is 0.773. The normalized spacial score (nSPS) is 9.87. The van der Waals surface area contributed by atoms with Gasteiger partial charge in [0.15, 0.2) is 0 Å². The van der Waals surface area contributed by atoms with Crippen molar-refractivity contribution in [2.75, 3.05) is 0 Å². The van der Waals surface area contributed by atoms with E-state index in [0.717, 1.165) is 22.1 Å². The van der Waals surface area contributed by atoms with Crippen molar-refractivity contribution in [3.63, 3.8) is 0 Å². The largest absolute Gasteiger partial charge is 0.251 e. The molecule has 0 radical (unpaired) electrons. The summed E-state index contributed by atoms with van der Waals surface area (Å²) in [7, 11) is 0. The highest BCUT2D eigenvalue weighted by atomic mass is 32.1. The molecule has 2 heterocycles. The van der Waals surface area contributed by atoms with Crippen LogP contribution in [-0.4, -0.2) is 9.97 Å². The summed E-state index contributed by atoms with van der Waals surface area (Å²) in [5.74, 6) is 0. The lowest BCUT2D eigenvalue weighted by Gasteiger charge is -1.96. The molecule has 0 aliphatic rings. The number of aryl methyl sites for hydroxylation is 1. The molecule has 2 aromatic heterocycles. The molecule has 0 amide bonds. The summed E-state index contributed by atoms with van der Waals surface area (Å²) in [6.45, 7) is 1.95. The Morgan fingerprint density at radius 1 is 1.40 bits per heavy atom. The fourth-order valence-corrected chi connectivity index (χ4v) is 2.04. The lowest BCUT2D eigenvalue weighted by Crippen LogP contribution is -1.86. The predicted molar refractivity (Wildman–Crippen MR) is 59.4 cm³/mol. The minimum atomic E-state index is 0.363. The smallest absolute Gasteiger partial charge is 0.142 e. The first-order valence-corrected chi connectivity index (χ1v) is 5.43. The van der Waals surface area contributed by atoms with E-state index in [-0.39, 0.29) is 0 Å². The molecule has 0 unspecified atom stereocenters. The molecular weight excluding hydrogens is 206 g/mol. The molecule has 0 saturated carbocycles. The second-order valence-corrected chi connectivity index (χ2v) is 4.00. The van der Waals surface area contributed by atoms with Gasteiger partial charge in [-0.3, -0.25) is 4.98 Å². The molecule has 4 heteroatoms. The van der Waals surface area contributed by atoms with Crippen molar-refractivity contribution in [2.45, 2.75) is 13.3 Å². The fraction of sp³-hybridized carbons (Fsp3) is 0.182. The molecule has 2 rings (SSSR count). The van der Waals surface area contributed by atoms with E-state index in [1.165, 1.54) is 11.3 Å². The van der Waals surface area contributed by atoms with Crippen LogP contribution in [0, 0.1) is 18.3 Å². The van der Waals surface area contributed by atoms with Gasteiger partial charge in [0.25, 0.3) is 0 Å². The SMILES string of the molecule is Cc1cccc(-c2nc(CC#N)cs2)n1. The highest BCUT2D eigenvalue weighted by molar-refractivity contribution is 7.13. The predicted octanol–water partition coefficient (Wildman–Crippen LogP) is 2.58. The highest BCUT2D eigenvalue weighted by Crippen LogP contribution is 2.21. The summed E-state index contributed by atoms with van der Waals surface area (Å²) in [5.41, 5.74) is 2.68. The van der Waals surface area contributed by atoms with Gasteiger partial charge in [0, 0.05) is 11.1 Å². The molecule has 0 atom stereocenters. The lowest BCUT2D eigenvalue weighted by molar-refractivity contribution is 1.14. The van der Waals surface area contributed by atoms with Crippen LogP contribution in [0.25, 0.3) is 10.7 Å². The van der Waals surface area contributed by atoms with Crippen LogP contribution in [0.4, 0.5) is 0 Å². The van der Waals surface area contributed by atoms with E-state index in [1.54, 1.807) is 0 Å². The van der Waals surface area contributed by atoms with E-state index in [4.69, 9.17) is 5.26 Å². The first-order chi connectivity index (χ1) is 7.29. The van der Waals surface area contributed by atoms with Crippen LogP contribution < -0.4 is 0 Å². The minimum Gasteiger partial charge on any atom is -0.251 e. The number of aromatic nitrogens is 2. The first-order valence-electron chi connectivity index (χ1n) is 4.55. The van der Waals surface area contributed by atoms with Gasteiger partial charge in [-0.1, -0.05) is 6.07 Å². The summed E-state index contributed by atoms with van der Waals surface area (Å²) >= 11 is 1.53. The Kier molecular flexibility index (Phi) is 2.75. The third-order valence-corrected chi connectivity index (χ3v) is 2.83. The average molecular weight is 215 g/mol. The Balaban J connectivity index is 2.34. The second kappa shape index (κ2) is 4.20. The van der Waals surface area contributed by atoms with Gasteiger partial charge in [-0.05, 0) is 19.1 Å². The van der Waals surface area contributed by atoms with Gasteiger partial charge < -0.3 is 0 Å². The summed E-state index contributed by atoms with van der Waals surface area (Å²) in [6.07, 6.45) is 0.363. The zero-order valence-electron chi connectivity index (χ0n) is 8.27. The van der Waals surface area contributed by atoms with Crippen LogP contribution in [0.2, 0.25) is 0 Å². The number of nitriles is 1. The van der Waals surface area contributed by atoms with E-state index >= 15 is 0 Å². The van der Waals surface area contributed by atoms with E-state index in [1.807, 2.05) is 30.5 Å². The zero-order valence-corrected chi connectivity index (χ0v) is 9.08. The Labute approximate surface area is 92.1 Å². The first kappa shape index (κ1) is 9.81. The van der Waals surface area contributed by atoms with Crippen LogP contribution in [0.1, 0.15) is 11.4 Å². The van der Waals surface area contributed by atoms with Crippen molar-refractivity contribution in [2.24, 2.45) is 0 Å². The molecular formula is C11H9N3S. The van der Waals surface area contributed by atoms with E-state index in [2.05, 4.69) is 16.0 Å². The standard InChI is InChI=1S/C11H9N3S/c1-8-3-2-4-10(13-8)11-14-9(5-6-12)7-15-11/h2-4,7H,5H2,1H3. The zero-order chi connectivity index (χ0) is 10.7. The molecule has 74 valence electrons. The van der Waals surface area contributed by atoms with Crippen LogP contribution in [0.5, 0.6) is 0 Å². The molecule has 0 N–H and O–H groups in total. The summed E-state index contributed by atoms with van der Waals surface area (Å²) in [5, 5.41) is 11.3. The highest BCUT2D eigenvalue weighted by Gasteiger charge is 2.05. The van der Waals surface area contributed by atoms with Gasteiger partial charge >= 0.3 is 0 Å². The van der Waals surface area contributed by atoms with Crippen LogP contribution >= 0.6 is 11.3 Å². The maximum absolute atomic E-state index is 8.54. The van der Waals surface area contributed by atoms with E-state index in [0.29, 0.717) is 6.42 Å². The molecule has 0 bridgehead atoms. The number of nitrogens with zero attached hydrogens (tertiary/aromatic N) is 3. The van der Waals surface area contributed by atoms with Crippen LogP contribution in [0.3, 0.4) is 0 Å². The Hall–Kier alpha value is -1.73. The maximum Gasteiger partial charge on any atom is 0.142 e. The van der Waals surface area contributed by atoms with Crippen molar-refractivity contribution >= 4 is 11.3 Å². The summed E-state index contributed by atoms with van der Waals surface area (Å²) in [4.78, 5) is 8.73. The van der Waals surface area contributed by atoms with Gasteiger partial charge in [0.1, 0.15) is 5.01 Å². The molecule has 0 aromatic carbocycles. The topological polar surface area (TPSA) is 49.6 Å². The van der Waals surface area contributed by atoms with Gasteiger partial charge in [-0.25, -0.2) is 4.98 Å². The van der Waals surface area contributed by atoms with Gasteiger partial charge in [0.05, 0.1) is 23.9 Å². The number of hydrogen-bond acceptors (Lipinski definition) is 4. The summed E-state index contributed by atoms with van der Waals surface area (Å²) < 4.78 is 0.